The average molecular weight is 325 g/mol. The lowest BCUT2D eigenvalue weighted by atomic mass is 10.1. The molecule has 3 nitrogen and oxygen atoms in total. The molecule has 0 bridgehead atoms. The molecular formula is C19H13F2NO2. The van der Waals surface area contributed by atoms with Crippen molar-refractivity contribution in [2.24, 2.45) is 0 Å². The van der Waals surface area contributed by atoms with Crippen LogP contribution in [0.4, 0.5) is 8.78 Å². The lowest BCUT2D eigenvalue weighted by Gasteiger charge is -2.18. The van der Waals surface area contributed by atoms with E-state index in [1.165, 1.54) is 6.07 Å². The normalized spacial score (nSPS) is 11.8. The number of rotatable bonds is 4. The van der Waals surface area contributed by atoms with Crippen LogP contribution in [0.2, 0.25) is 0 Å². The lowest BCUT2D eigenvalue weighted by molar-refractivity contribution is 0.0370. The highest BCUT2D eigenvalue weighted by Crippen LogP contribution is 2.25. The number of esters is 1. The monoisotopic (exact) mass is 325 g/mol. The van der Waals surface area contributed by atoms with Crippen molar-refractivity contribution in [2.45, 2.75) is 6.10 Å². The van der Waals surface area contributed by atoms with E-state index in [9.17, 15) is 13.6 Å². The summed E-state index contributed by atoms with van der Waals surface area (Å²) in [5.74, 6) is -2.87. The Hall–Kier alpha value is -3.08. The zero-order valence-corrected chi connectivity index (χ0v) is 12.5. The predicted molar refractivity (Wildman–Crippen MR) is 84.3 cm³/mol. The molecule has 3 aromatic rings. The van der Waals surface area contributed by atoms with E-state index in [1.807, 2.05) is 18.2 Å². The Bertz CT molecular complexity index is 799. The molecule has 1 unspecified atom stereocenters. The number of aromatic nitrogens is 1. The largest absolute Gasteiger partial charge is 0.447 e. The van der Waals surface area contributed by atoms with Crippen LogP contribution in [0.3, 0.4) is 0 Å². The van der Waals surface area contributed by atoms with E-state index in [0.717, 1.165) is 17.7 Å². The Balaban J connectivity index is 1.92. The Morgan fingerprint density at radius 2 is 1.67 bits per heavy atom. The van der Waals surface area contributed by atoms with E-state index in [1.54, 1.807) is 36.5 Å². The molecule has 0 saturated heterocycles. The van der Waals surface area contributed by atoms with Gasteiger partial charge in [-0.2, -0.15) is 0 Å². The highest BCUT2D eigenvalue weighted by molar-refractivity contribution is 5.89. The zero-order chi connectivity index (χ0) is 16.9. The first-order valence-electron chi connectivity index (χ1n) is 7.27. The molecule has 2 aromatic carbocycles. The van der Waals surface area contributed by atoms with Crippen molar-refractivity contribution in [1.29, 1.82) is 0 Å². The smallest absolute Gasteiger partial charge is 0.339 e. The predicted octanol–water partition coefficient (Wildman–Crippen LogP) is 4.31. The first-order valence-corrected chi connectivity index (χ1v) is 7.27. The van der Waals surface area contributed by atoms with Gasteiger partial charge in [0.25, 0.3) is 0 Å². The quantitative estimate of drug-likeness (QED) is 0.671. The van der Waals surface area contributed by atoms with E-state index in [2.05, 4.69) is 4.98 Å². The third-order valence-electron chi connectivity index (χ3n) is 3.44. The second kappa shape index (κ2) is 7.00. The third-order valence-corrected chi connectivity index (χ3v) is 3.44. The number of ether oxygens (including phenoxy) is 1. The van der Waals surface area contributed by atoms with E-state index < -0.39 is 23.7 Å². The number of carbonyl (C=O) groups excluding carboxylic acids is 1. The van der Waals surface area contributed by atoms with Crippen molar-refractivity contribution in [2.75, 3.05) is 0 Å². The minimum atomic E-state index is -1.10. The maximum absolute atomic E-state index is 13.3. The second-order valence-corrected chi connectivity index (χ2v) is 5.08. The van der Waals surface area contributed by atoms with Crippen LogP contribution in [0.5, 0.6) is 0 Å². The highest BCUT2D eigenvalue weighted by atomic mass is 19.2. The van der Waals surface area contributed by atoms with E-state index in [0.29, 0.717) is 5.69 Å². The van der Waals surface area contributed by atoms with Crippen LogP contribution in [0.15, 0.2) is 72.9 Å². The second-order valence-electron chi connectivity index (χ2n) is 5.08. The summed E-state index contributed by atoms with van der Waals surface area (Å²) in [7, 11) is 0. The molecule has 1 heterocycles. The number of pyridine rings is 1. The molecule has 120 valence electrons. The maximum Gasteiger partial charge on any atom is 0.339 e. The summed E-state index contributed by atoms with van der Waals surface area (Å²) in [6.45, 7) is 0. The minimum absolute atomic E-state index is 0.0641. The van der Waals surface area contributed by atoms with Crippen LogP contribution in [-0.2, 0) is 4.74 Å². The Morgan fingerprint density at radius 3 is 2.33 bits per heavy atom. The van der Waals surface area contributed by atoms with Crippen molar-refractivity contribution < 1.29 is 18.3 Å². The van der Waals surface area contributed by atoms with Crippen molar-refractivity contribution >= 4 is 5.97 Å². The third kappa shape index (κ3) is 3.46. The molecular weight excluding hydrogens is 312 g/mol. The maximum atomic E-state index is 13.3. The zero-order valence-electron chi connectivity index (χ0n) is 12.5. The average Bonchev–Trinajstić information content (AvgIpc) is 2.63. The van der Waals surface area contributed by atoms with Gasteiger partial charge in [-0.25, -0.2) is 13.6 Å². The summed E-state index contributed by atoms with van der Waals surface area (Å²) in [5, 5.41) is 0. The molecule has 0 aliphatic heterocycles. The van der Waals surface area contributed by atoms with Gasteiger partial charge < -0.3 is 4.74 Å². The summed E-state index contributed by atoms with van der Waals surface area (Å²) in [6, 6.07) is 17.2. The van der Waals surface area contributed by atoms with Gasteiger partial charge in [-0.3, -0.25) is 4.98 Å². The van der Waals surface area contributed by atoms with Gasteiger partial charge in [0.05, 0.1) is 11.3 Å². The molecule has 0 fully saturated rings. The molecule has 0 aliphatic carbocycles. The number of carbonyl (C=O) groups is 1. The van der Waals surface area contributed by atoms with Gasteiger partial charge in [-0.05, 0) is 35.9 Å². The first-order chi connectivity index (χ1) is 11.6. The number of hydrogen-bond acceptors (Lipinski definition) is 3. The molecule has 3 rings (SSSR count). The van der Waals surface area contributed by atoms with Gasteiger partial charge in [0.2, 0.25) is 0 Å². The molecule has 1 atom stereocenters. The Kier molecular flexibility index (Phi) is 4.61. The molecule has 0 N–H and O–H groups in total. The molecule has 0 saturated carbocycles. The van der Waals surface area contributed by atoms with Crippen molar-refractivity contribution in [3.05, 3.63) is 101 Å². The fourth-order valence-corrected chi connectivity index (χ4v) is 2.26. The fourth-order valence-electron chi connectivity index (χ4n) is 2.26. The van der Waals surface area contributed by atoms with Crippen LogP contribution in [0.25, 0.3) is 0 Å². The molecule has 0 aliphatic rings. The number of benzene rings is 2. The highest BCUT2D eigenvalue weighted by Gasteiger charge is 2.21. The van der Waals surface area contributed by atoms with Gasteiger partial charge in [-0.1, -0.05) is 36.4 Å². The Morgan fingerprint density at radius 1 is 0.917 bits per heavy atom. The summed E-state index contributed by atoms with van der Waals surface area (Å²) in [4.78, 5) is 16.5. The van der Waals surface area contributed by atoms with Crippen LogP contribution < -0.4 is 0 Å². The lowest BCUT2D eigenvalue weighted by Crippen LogP contribution is -2.14. The molecule has 1 aromatic heterocycles. The van der Waals surface area contributed by atoms with E-state index in [-0.39, 0.29) is 5.56 Å². The van der Waals surface area contributed by atoms with E-state index >= 15 is 0 Å². The van der Waals surface area contributed by atoms with Crippen LogP contribution in [-0.4, -0.2) is 11.0 Å². The van der Waals surface area contributed by atoms with Gasteiger partial charge in [0.15, 0.2) is 17.7 Å². The molecule has 24 heavy (non-hydrogen) atoms. The van der Waals surface area contributed by atoms with Crippen LogP contribution in [0.1, 0.15) is 27.7 Å². The summed E-state index contributed by atoms with van der Waals surface area (Å²) >= 11 is 0. The van der Waals surface area contributed by atoms with E-state index in [4.69, 9.17) is 4.74 Å². The summed E-state index contributed by atoms with van der Waals surface area (Å²) in [6.07, 6.45) is 0.851. The number of nitrogens with zero attached hydrogens (tertiary/aromatic N) is 1. The summed E-state index contributed by atoms with van der Waals surface area (Å²) in [5.41, 5.74) is 1.21. The standard InChI is InChI=1S/C19H13F2NO2/c20-15-10-9-14(12-16(15)21)19(23)24-18(13-6-2-1-3-7-13)17-8-4-5-11-22-17/h1-12,18H. The molecule has 0 spiro atoms. The van der Waals surface area contributed by atoms with Gasteiger partial charge in [-0.15, -0.1) is 0 Å². The Labute approximate surface area is 137 Å². The van der Waals surface area contributed by atoms with Crippen molar-refractivity contribution in [3.63, 3.8) is 0 Å². The van der Waals surface area contributed by atoms with Crippen molar-refractivity contribution in [1.82, 2.24) is 4.98 Å². The minimum Gasteiger partial charge on any atom is -0.447 e. The number of hydrogen-bond donors (Lipinski definition) is 0. The number of halogens is 2. The molecule has 0 radical (unpaired) electrons. The fraction of sp³-hybridized carbons (Fsp3) is 0.0526. The van der Waals surface area contributed by atoms with Gasteiger partial charge in [0.1, 0.15) is 0 Å². The van der Waals surface area contributed by atoms with Crippen LogP contribution >= 0.6 is 0 Å². The SMILES string of the molecule is O=C(OC(c1ccccc1)c1ccccn1)c1ccc(F)c(F)c1. The van der Waals surface area contributed by atoms with Crippen LogP contribution in [0, 0.1) is 11.6 Å². The first kappa shape index (κ1) is 15.8. The summed E-state index contributed by atoms with van der Waals surface area (Å²) < 4.78 is 31.9. The van der Waals surface area contributed by atoms with Crippen molar-refractivity contribution in [3.8, 4) is 0 Å². The topological polar surface area (TPSA) is 39.2 Å². The molecule has 5 heteroatoms. The molecule has 0 amide bonds. The van der Waals surface area contributed by atoms with Gasteiger partial charge in [0, 0.05) is 6.20 Å². The van der Waals surface area contributed by atoms with Gasteiger partial charge >= 0.3 is 5.97 Å².